The smallest absolute Gasteiger partial charge is 0.257 e. The SMILES string of the molecule is Cc1ncc(S(=O)(=O)NC2CCN(C(C)(C)C)CC2)[nH]1. The number of nitrogens with zero attached hydrogens (tertiary/aromatic N) is 2. The summed E-state index contributed by atoms with van der Waals surface area (Å²) in [4.78, 5) is 9.09. The minimum absolute atomic E-state index is 0.00204. The molecule has 1 aromatic rings. The van der Waals surface area contributed by atoms with Crippen LogP contribution in [-0.4, -0.2) is 48.0 Å². The average Bonchev–Trinajstić information content (AvgIpc) is 2.76. The van der Waals surface area contributed by atoms with E-state index in [1.165, 1.54) is 6.20 Å². The van der Waals surface area contributed by atoms with Gasteiger partial charge in [0.25, 0.3) is 10.0 Å². The summed E-state index contributed by atoms with van der Waals surface area (Å²) >= 11 is 0. The lowest BCUT2D eigenvalue weighted by Gasteiger charge is -2.40. The molecule has 1 saturated heterocycles. The molecule has 0 aliphatic carbocycles. The molecule has 7 heteroatoms. The number of piperidine rings is 1. The van der Waals surface area contributed by atoms with Crippen molar-refractivity contribution in [2.75, 3.05) is 13.1 Å². The van der Waals surface area contributed by atoms with E-state index in [4.69, 9.17) is 0 Å². The predicted molar refractivity (Wildman–Crippen MR) is 78.0 cm³/mol. The molecule has 0 spiro atoms. The molecule has 2 N–H and O–H groups in total. The summed E-state index contributed by atoms with van der Waals surface area (Å²) in [7, 11) is -3.48. The fourth-order valence-electron chi connectivity index (χ4n) is 2.49. The highest BCUT2D eigenvalue weighted by Crippen LogP contribution is 2.21. The number of likely N-dealkylation sites (tertiary alicyclic amines) is 1. The van der Waals surface area contributed by atoms with Crippen molar-refractivity contribution in [2.24, 2.45) is 0 Å². The van der Waals surface area contributed by atoms with Gasteiger partial charge in [0.2, 0.25) is 0 Å². The number of aromatic nitrogens is 2. The first-order valence-corrected chi connectivity index (χ1v) is 8.46. The first kappa shape index (κ1) is 15.5. The van der Waals surface area contributed by atoms with Gasteiger partial charge in [-0.15, -0.1) is 0 Å². The molecule has 1 aromatic heterocycles. The maximum absolute atomic E-state index is 12.2. The molecule has 1 fully saturated rings. The second kappa shape index (κ2) is 5.46. The number of aryl methyl sites for hydroxylation is 1. The van der Waals surface area contributed by atoms with Crippen LogP contribution in [0.15, 0.2) is 11.2 Å². The Hall–Kier alpha value is -0.920. The molecule has 0 amide bonds. The normalized spacial score (nSPS) is 19.4. The molecule has 1 aliphatic heterocycles. The van der Waals surface area contributed by atoms with Crippen LogP contribution in [0.4, 0.5) is 0 Å². The Morgan fingerprint density at radius 2 is 1.95 bits per heavy atom. The molecule has 2 heterocycles. The Morgan fingerprint density at radius 3 is 2.40 bits per heavy atom. The predicted octanol–water partition coefficient (Wildman–Crippen LogP) is 1.26. The molecule has 114 valence electrons. The molecule has 0 aromatic carbocycles. The van der Waals surface area contributed by atoms with Gasteiger partial charge in [-0.1, -0.05) is 0 Å². The van der Waals surface area contributed by atoms with E-state index < -0.39 is 10.0 Å². The van der Waals surface area contributed by atoms with Gasteiger partial charge in [-0.2, -0.15) is 0 Å². The second-order valence-corrected chi connectivity index (χ2v) is 8.07. The number of sulfonamides is 1. The van der Waals surface area contributed by atoms with Crippen molar-refractivity contribution in [1.29, 1.82) is 0 Å². The topological polar surface area (TPSA) is 78.1 Å². The standard InChI is InChI=1S/C13H24N4O2S/c1-10-14-9-12(15-10)20(18,19)16-11-5-7-17(8-6-11)13(2,3)4/h9,11,16H,5-8H2,1-4H3,(H,14,15). The Bertz CT molecular complexity index is 551. The maximum Gasteiger partial charge on any atom is 0.257 e. The van der Waals surface area contributed by atoms with Crippen molar-refractivity contribution in [3.8, 4) is 0 Å². The third-order valence-electron chi connectivity index (χ3n) is 3.73. The molecule has 0 atom stereocenters. The largest absolute Gasteiger partial charge is 0.332 e. The number of H-pyrrole nitrogens is 1. The molecule has 6 nitrogen and oxygen atoms in total. The molecular formula is C13H24N4O2S. The zero-order chi connectivity index (χ0) is 15.0. The van der Waals surface area contributed by atoms with Crippen LogP contribution in [0.25, 0.3) is 0 Å². The molecule has 0 bridgehead atoms. The average molecular weight is 300 g/mol. The number of nitrogens with one attached hydrogen (secondary N) is 2. The van der Waals surface area contributed by atoms with Gasteiger partial charge in [0.05, 0.1) is 6.20 Å². The molecular weight excluding hydrogens is 276 g/mol. The highest BCUT2D eigenvalue weighted by Gasteiger charge is 2.29. The maximum atomic E-state index is 12.2. The quantitative estimate of drug-likeness (QED) is 0.881. The monoisotopic (exact) mass is 300 g/mol. The first-order valence-electron chi connectivity index (χ1n) is 6.97. The van der Waals surface area contributed by atoms with E-state index in [-0.39, 0.29) is 16.6 Å². The van der Waals surface area contributed by atoms with Gasteiger partial charge in [-0.3, -0.25) is 4.90 Å². The van der Waals surface area contributed by atoms with Crippen LogP contribution < -0.4 is 4.72 Å². The summed E-state index contributed by atoms with van der Waals surface area (Å²) in [5, 5.41) is 0.147. The van der Waals surface area contributed by atoms with Gasteiger partial charge in [-0.05, 0) is 40.5 Å². The molecule has 1 aliphatic rings. The summed E-state index contributed by atoms with van der Waals surface area (Å²) in [6.45, 7) is 10.1. The van der Waals surface area contributed by atoms with E-state index in [2.05, 4.69) is 40.4 Å². The van der Waals surface area contributed by atoms with Crippen molar-refractivity contribution in [3.05, 3.63) is 12.0 Å². The summed E-state index contributed by atoms with van der Waals surface area (Å²) < 4.78 is 27.2. The number of aromatic amines is 1. The third-order valence-corrected chi connectivity index (χ3v) is 5.16. The van der Waals surface area contributed by atoms with Crippen LogP contribution in [0.3, 0.4) is 0 Å². The van der Waals surface area contributed by atoms with Crippen LogP contribution in [-0.2, 0) is 10.0 Å². The first-order chi connectivity index (χ1) is 9.18. The van der Waals surface area contributed by atoms with Crippen molar-refractivity contribution in [3.63, 3.8) is 0 Å². The third kappa shape index (κ3) is 3.59. The molecule has 20 heavy (non-hydrogen) atoms. The molecule has 0 radical (unpaired) electrons. The fraction of sp³-hybridized carbons (Fsp3) is 0.769. The van der Waals surface area contributed by atoms with Crippen LogP contribution in [0, 0.1) is 6.92 Å². The summed E-state index contributed by atoms with van der Waals surface area (Å²) in [5.41, 5.74) is 0.143. The van der Waals surface area contributed by atoms with E-state index in [0.717, 1.165) is 25.9 Å². The highest BCUT2D eigenvalue weighted by molar-refractivity contribution is 7.89. The van der Waals surface area contributed by atoms with Crippen LogP contribution >= 0.6 is 0 Å². The minimum Gasteiger partial charge on any atom is -0.332 e. The second-order valence-electron chi connectivity index (χ2n) is 6.39. The van der Waals surface area contributed by atoms with Gasteiger partial charge in [-0.25, -0.2) is 18.1 Å². The lowest BCUT2D eigenvalue weighted by atomic mass is 9.99. The Labute approximate surface area is 121 Å². The van der Waals surface area contributed by atoms with Crippen LogP contribution in [0.1, 0.15) is 39.4 Å². The number of imidazole rings is 1. The van der Waals surface area contributed by atoms with Gasteiger partial charge >= 0.3 is 0 Å². The zero-order valence-corrected chi connectivity index (χ0v) is 13.4. The van der Waals surface area contributed by atoms with Crippen molar-refractivity contribution >= 4 is 10.0 Å². The zero-order valence-electron chi connectivity index (χ0n) is 12.6. The lowest BCUT2D eigenvalue weighted by molar-refractivity contribution is 0.100. The molecule has 2 rings (SSSR count). The Kier molecular flexibility index (Phi) is 4.22. The Morgan fingerprint density at radius 1 is 1.35 bits per heavy atom. The van der Waals surface area contributed by atoms with Gasteiger partial charge in [0.15, 0.2) is 5.03 Å². The van der Waals surface area contributed by atoms with E-state index in [9.17, 15) is 8.42 Å². The van der Waals surface area contributed by atoms with Gasteiger partial charge in [0.1, 0.15) is 5.82 Å². The molecule has 0 unspecified atom stereocenters. The molecule has 0 saturated carbocycles. The number of hydrogen-bond acceptors (Lipinski definition) is 4. The Balaban J connectivity index is 1.96. The van der Waals surface area contributed by atoms with E-state index >= 15 is 0 Å². The van der Waals surface area contributed by atoms with Gasteiger partial charge in [0, 0.05) is 24.7 Å². The van der Waals surface area contributed by atoms with Crippen molar-refractivity contribution < 1.29 is 8.42 Å². The summed E-state index contributed by atoms with van der Waals surface area (Å²) in [6, 6.07) is 0.00204. The van der Waals surface area contributed by atoms with Crippen LogP contribution in [0.5, 0.6) is 0 Å². The van der Waals surface area contributed by atoms with Gasteiger partial charge < -0.3 is 4.98 Å². The minimum atomic E-state index is -3.48. The summed E-state index contributed by atoms with van der Waals surface area (Å²) in [6.07, 6.45) is 3.04. The van der Waals surface area contributed by atoms with E-state index in [0.29, 0.717) is 5.82 Å². The highest BCUT2D eigenvalue weighted by atomic mass is 32.2. The summed E-state index contributed by atoms with van der Waals surface area (Å²) in [5.74, 6) is 0.605. The fourth-order valence-corrected chi connectivity index (χ4v) is 3.76. The van der Waals surface area contributed by atoms with Crippen molar-refractivity contribution in [2.45, 2.75) is 57.1 Å². The van der Waals surface area contributed by atoms with E-state index in [1.54, 1.807) is 6.92 Å². The van der Waals surface area contributed by atoms with Crippen LogP contribution in [0.2, 0.25) is 0 Å². The lowest BCUT2D eigenvalue weighted by Crippen LogP contribution is -2.50. The van der Waals surface area contributed by atoms with E-state index in [1.807, 2.05) is 0 Å². The van der Waals surface area contributed by atoms with Crippen molar-refractivity contribution in [1.82, 2.24) is 19.6 Å². The number of hydrogen-bond donors (Lipinski definition) is 2. The number of rotatable bonds is 3.